The molecule has 0 aliphatic heterocycles. The smallest absolute Gasteiger partial charge is 0.264 e. The Kier molecular flexibility index (Phi) is 12.4. The minimum absolute atomic E-state index is 0.0239. The molecule has 0 heterocycles. The van der Waals surface area contributed by atoms with E-state index in [2.05, 4.69) is 5.32 Å². The number of hydrogen-bond acceptors (Lipinski definition) is 5. The van der Waals surface area contributed by atoms with Crippen molar-refractivity contribution in [1.82, 2.24) is 10.2 Å². The summed E-state index contributed by atoms with van der Waals surface area (Å²) in [4.78, 5) is 29.9. The van der Waals surface area contributed by atoms with E-state index in [1.54, 1.807) is 24.3 Å². The maximum absolute atomic E-state index is 14.6. The fourth-order valence-corrected chi connectivity index (χ4v) is 6.54. The zero-order chi connectivity index (χ0) is 34.0. The highest BCUT2D eigenvalue weighted by Crippen LogP contribution is 2.28. The van der Waals surface area contributed by atoms with E-state index < -0.39 is 28.5 Å². The average Bonchev–Trinajstić information content (AvgIpc) is 3.06. The van der Waals surface area contributed by atoms with E-state index in [9.17, 15) is 18.0 Å². The summed E-state index contributed by atoms with van der Waals surface area (Å²) in [5, 5.41) is 3.39. The summed E-state index contributed by atoms with van der Waals surface area (Å²) in [7, 11) is -4.24. The van der Waals surface area contributed by atoms with Crippen LogP contribution in [0.1, 0.15) is 37.5 Å². The van der Waals surface area contributed by atoms with Gasteiger partial charge in [0.2, 0.25) is 11.8 Å². The Balaban J connectivity index is 1.79. The van der Waals surface area contributed by atoms with Crippen LogP contribution in [0.5, 0.6) is 5.75 Å². The lowest BCUT2D eigenvalue weighted by atomic mass is 10.0. The van der Waals surface area contributed by atoms with E-state index in [4.69, 9.17) is 16.3 Å². The zero-order valence-corrected chi connectivity index (χ0v) is 28.8. The summed E-state index contributed by atoms with van der Waals surface area (Å²) in [6.45, 7) is 8.25. The Morgan fingerprint density at radius 1 is 0.851 bits per heavy atom. The standard InChI is InChI=1S/C37H42ClN3O5S/c1-5-46-33-19-17-32(18-20-33)41(47(44,45)34-21-15-31(38)16-22-34)26-36(42)40(25-30-13-11-28(4)12-14-30)35(37(43)39-24-27(2)3)23-29-9-7-6-8-10-29/h6-22,27,35H,5,23-26H2,1-4H3,(H,39,43). The van der Waals surface area contributed by atoms with Gasteiger partial charge in [-0.15, -0.1) is 0 Å². The highest BCUT2D eigenvalue weighted by atomic mass is 35.5. The van der Waals surface area contributed by atoms with Gasteiger partial charge in [-0.2, -0.15) is 0 Å². The number of benzene rings is 4. The van der Waals surface area contributed by atoms with Gasteiger partial charge < -0.3 is 15.0 Å². The molecule has 4 aromatic rings. The molecule has 0 bridgehead atoms. The minimum atomic E-state index is -4.24. The predicted molar refractivity (Wildman–Crippen MR) is 187 cm³/mol. The van der Waals surface area contributed by atoms with Gasteiger partial charge in [-0.25, -0.2) is 8.42 Å². The highest BCUT2D eigenvalue weighted by molar-refractivity contribution is 7.92. The molecule has 0 aromatic heterocycles. The number of nitrogens with one attached hydrogen (secondary N) is 1. The molecule has 0 fully saturated rings. The molecule has 10 heteroatoms. The summed E-state index contributed by atoms with van der Waals surface area (Å²) >= 11 is 6.07. The molecule has 8 nitrogen and oxygen atoms in total. The molecule has 1 N–H and O–H groups in total. The molecule has 0 spiro atoms. The number of nitrogens with zero attached hydrogens (tertiary/aromatic N) is 2. The number of hydrogen-bond donors (Lipinski definition) is 1. The molecule has 0 aliphatic rings. The van der Waals surface area contributed by atoms with Gasteiger partial charge in [-0.1, -0.05) is 85.6 Å². The fraction of sp³-hybridized carbons (Fsp3) is 0.297. The molecule has 0 saturated carbocycles. The number of ether oxygens (including phenoxy) is 1. The Morgan fingerprint density at radius 3 is 2.09 bits per heavy atom. The van der Waals surface area contributed by atoms with Crippen LogP contribution in [0.4, 0.5) is 5.69 Å². The van der Waals surface area contributed by atoms with Gasteiger partial charge >= 0.3 is 0 Å². The molecular weight excluding hydrogens is 634 g/mol. The van der Waals surface area contributed by atoms with Gasteiger partial charge in [0.05, 0.1) is 17.2 Å². The van der Waals surface area contributed by atoms with Crippen LogP contribution in [0.3, 0.4) is 0 Å². The lowest BCUT2D eigenvalue weighted by Crippen LogP contribution is -2.53. The lowest BCUT2D eigenvalue weighted by Gasteiger charge is -2.34. The van der Waals surface area contributed by atoms with Crippen molar-refractivity contribution >= 4 is 39.1 Å². The largest absolute Gasteiger partial charge is 0.494 e. The predicted octanol–water partition coefficient (Wildman–Crippen LogP) is 6.65. The van der Waals surface area contributed by atoms with E-state index >= 15 is 0 Å². The molecule has 47 heavy (non-hydrogen) atoms. The summed E-state index contributed by atoms with van der Waals surface area (Å²) in [5.41, 5.74) is 3.01. The van der Waals surface area contributed by atoms with Crippen molar-refractivity contribution in [3.63, 3.8) is 0 Å². The van der Waals surface area contributed by atoms with E-state index in [0.717, 1.165) is 21.0 Å². The number of amides is 2. The van der Waals surface area contributed by atoms with Crippen molar-refractivity contribution < 1.29 is 22.7 Å². The fourth-order valence-electron chi connectivity index (χ4n) is 5.00. The molecule has 4 rings (SSSR count). The van der Waals surface area contributed by atoms with E-state index in [-0.39, 0.29) is 35.4 Å². The van der Waals surface area contributed by atoms with Crippen LogP contribution in [0.25, 0.3) is 0 Å². The molecule has 0 radical (unpaired) electrons. The summed E-state index contributed by atoms with van der Waals surface area (Å²) in [6, 6.07) is 28.6. The number of halogens is 1. The maximum Gasteiger partial charge on any atom is 0.264 e. The van der Waals surface area contributed by atoms with Crippen LogP contribution < -0.4 is 14.4 Å². The summed E-state index contributed by atoms with van der Waals surface area (Å²) in [6.07, 6.45) is 0.245. The van der Waals surface area contributed by atoms with Crippen molar-refractivity contribution in [3.8, 4) is 5.75 Å². The third-order valence-corrected chi connectivity index (χ3v) is 9.59. The van der Waals surface area contributed by atoms with Crippen LogP contribution in [0, 0.1) is 12.8 Å². The second-order valence-corrected chi connectivity index (χ2v) is 14.0. The van der Waals surface area contributed by atoms with Gasteiger partial charge in [0, 0.05) is 24.5 Å². The topological polar surface area (TPSA) is 96.0 Å². The van der Waals surface area contributed by atoms with Gasteiger partial charge in [0.25, 0.3) is 10.0 Å². The van der Waals surface area contributed by atoms with Crippen molar-refractivity contribution in [2.45, 2.75) is 51.6 Å². The molecule has 0 aliphatic carbocycles. The Bertz CT molecular complexity index is 1710. The minimum Gasteiger partial charge on any atom is -0.494 e. The summed E-state index contributed by atoms with van der Waals surface area (Å²) < 4.78 is 35.0. The number of rotatable bonds is 15. The molecule has 4 aromatic carbocycles. The Morgan fingerprint density at radius 2 is 1.49 bits per heavy atom. The third-order valence-electron chi connectivity index (χ3n) is 7.55. The summed E-state index contributed by atoms with van der Waals surface area (Å²) in [5.74, 6) is -0.0803. The van der Waals surface area contributed by atoms with Crippen LogP contribution in [0.2, 0.25) is 5.02 Å². The van der Waals surface area contributed by atoms with E-state index in [1.165, 1.54) is 29.2 Å². The van der Waals surface area contributed by atoms with Gasteiger partial charge in [-0.3, -0.25) is 13.9 Å². The molecule has 1 unspecified atom stereocenters. The number of aryl methyl sites for hydroxylation is 1. The van der Waals surface area contributed by atoms with Gasteiger partial charge in [0.15, 0.2) is 0 Å². The second-order valence-electron chi connectivity index (χ2n) is 11.7. The van der Waals surface area contributed by atoms with E-state index in [0.29, 0.717) is 23.9 Å². The molecule has 248 valence electrons. The normalized spacial score (nSPS) is 12.0. The number of sulfonamides is 1. The number of carbonyl (C=O) groups excluding carboxylic acids is 2. The van der Waals surface area contributed by atoms with Crippen molar-refractivity contribution in [2.75, 3.05) is 24.0 Å². The first-order valence-electron chi connectivity index (χ1n) is 15.7. The Labute approximate surface area is 283 Å². The number of carbonyl (C=O) groups is 2. The molecule has 0 saturated heterocycles. The molecule has 1 atom stereocenters. The Hall–Kier alpha value is -4.34. The third kappa shape index (κ3) is 9.83. The monoisotopic (exact) mass is 675 g/mol. The highest BCUT2D eigenvalue weighted by Gasteiger charge is 2.34. The molecule has 2 amide bonds. The van der Waals surface area contributed by atoms with Crippen LogP contribution in [-0.4, -0.2) is 50.9 Å². The SMILES string of the molecule is CCOc1ccc(N(CC(=O)N(Cc2ccc(C)cc2)C(Cc2ccccc2)C(=O)NCC(C)C)S(=O)(=O)c2ccc(Cl)cc2)cc1. The van der Waals surface area contributed by atoms with Crippen LogP contribution in [0.15, 0.2) is 108 Å². The first kappa shape index (κ1) is 35.5. The van der Waals surface area contributed by atoms with Gasteiger partial charge in [-0.05, 0) is 79.4 Å². The first-order valence-corrected chi connectivity index (χ1v) is 17.5. The zero-order valence-electron chi connectivity index (χ0n) is 27.2. The lowest BCUT2D eigenvalue weighted by molar-refractivity contribution is -0.140. The van der Waals surface area contributed by atoms with E-state index in [1.807, 2.05) is 82.3 Å². The van der Waals surface area contributed by atoms with Crippen molar-refractivity contribution in [3.05, 3.63) is 125 Å². The van der Waals surface area contributed by atoms with Crippen molar-refractivity contribution in [1.29, 1.82) is 0 Å². The van der Waals surface area contributed by atoms with Crippen LogP contribution in [-0.2, 0) is 32.6 Å². The second kappa shape index (κ2) is 16.5. The number of anilines is 1. The first-order chi connectivity index (χ1) is 22.5. The quantitative estimate of drug-likeness (QED) is 0.152. The molecular formula is C37H42ClN3O5S. The average molecular weight is 676 g/mol. The van der Waals surface area contributed by atoms with Crippen molar-refractivity contribution in [2.24, 2.45) is 5.92 Å². The van der Waals surface area contributed by atoms with Gasteiger partial charge in [0.1, 0.15) is 18.3 Å². The maximum atomic E-state index is 14.6. The van der Waals surface area contributed by atoms with Crippen LogP contribution >= 0.6 is 11.6 Å².